The number of carboxylic acids is 1. The molecule has 0 aliphatic carbocycles. The van der Waals surface area contributed by atoms with Gasteiger partial charge in [0.25, 0.3) is 5.91 Å². The molecule has 1 atom stereocenters. The van der Waals surface area contributed by atoms with Gasteiger partial charge in [-0.1, -0.05) is 5.16 Å². The summed E-state index contributed by atoms with van der Waals surface area (Å²) in [6, 6.07) is 0. The maximum atomic E-state index is 11.2. The molecule has 0 bridgehead atoms. The monoisotopic (exact) mass is 201 g/mol. The molecule has 1 rings (SSSR count). The van der Waals surface area contributed by atoms with Crippen LogP contribution in [-0.2, 0) is 14.4 Å². The van der Waals surface area contributed by atoms with E-state index in [1.54, 1.807) is 0 Å². The summed E-state index contributed by atoms with van der Waals surface area (Å²) in [5.41, 5.74) is 5.03. The number of nitrogens with zero attached hydrogens (tertiary/aromatic N) is 1. The minimum Gasteiger partial charge on any atom is -0.477 e. The molecule has 1 unspecified atom stereocenters. The first-order valence-corrected chi connectivity index (χ1v) is 4.09. The van der Waals surface area contributed by atoms with E-state index in [1.165, 1.54) is 0 Å². The molecule has 1 aliphatic heterocycles. The third kappa shape index (κ3) is 2.43. The Hall–Kier alpha value is -1.63. The van der Waals surface area contributed by atoms with Crippen molar-refractivity contribution in [3.05, 3.63) is 0 Å². The first-order chi connectivity index (χ1) is 6.65. The fourth-order valence-corrected chi connectivity index (χ4v) is 0.954. The fourth-order valence-electron chi connectivity index (χ4n) is 0.954. The van der Waals surface area contributed by atoms with Crippen molar-refractivity contribution in [3.63, 3.8) is 0 Å². The van der Waals surface area contributed by atoms with Gasteiger partial charge in [0, 0.05) is 19.5 Å². The van der Waals surface area contributed by atoms with E-state index in [4.69, 9.17) is 10.8 Å². The summed E-state index contributed by atoms with van der Waals surface area (Å²) in [6.07, 6.45) is -0.848. The van der Waals surface area contributed by atoms with Crippen molar-refractivity contribution >= 4 is 17.6 Å². The van der Waals surface area contributed by atoms with Crippen molar-refractivity contribution in [1.82, 2.24) is 5.32 Å². The molecule has 0 aromatic heterocycles. The van der Waals surface area contributed by atoms with Crippen LogP contribution in [0.2, 0.25) is 0 Å². The molecule has 14 heavy (non-hydrogen) atoms. The summed E-state index contributed by atoms with van der Waals surface area (Å²) < 4.78 is 0. The van der Waals surface area contributed by atoms with Gasteiger partial charge in [-0.3, -0.25) is 4.79 Å². The molecule has 0 radical (unpaired) electrons. The van der Waals surface area contributed by atoms with Crippen LogP contribution in [0.5, 0.6) is 0 Å². The van der Waals surface area contributed by atoms with Crippen LogP contribution in [0, 0.1) is 0 Å². The van der Waals surface area contributed by atoms with Gasteiger partial charge in [-0.25, -0.2) is 4.79 Å². The van der Waals surface area contributed by atoms with E-state index >= 15 is 0 Å². The van der Waals surface area contributed by atoms with E-state index in [0.717, 1.165) is 0 Å². The van der Waals surface area contributed by atoms with E-state index in [9.17, 15) is 9.59 Å². The molecule has 78 valence electrons. The van der Waals surface area contributed by atoms with E-state index in [1.807, 2.05) is 0 Å². The number of carbonyl (C=O) groups is 2. The second-order valence-corrected chi connectivity index (χ2v) is 2.72. The number of nitrogens with one attached hydrogen (secondary N) is 1. The van der Waals surface area contributed by atoms with Crippen molar-refractivity contribution in [2.24, 2.45) is 10.9 Å². The number of carboxylic acid groups (broad SMARTS) is 1. The summed E-state index contributed by atoms with van der Waals surface area (Å²) in [5, 5.41) is 14.3. The molecule has 0 saturated carbocycles. The van der Waals surface area contributed by atoms with Crippen LogP contribution in [0.25, 0.3) is 0 Å². The zero-order chi connectivity index (χ0) is 10.6. The average Bonchev–Trinajstić information content (AvgIpc) is 2.62. The summed E-state index contributed by atoms with van der Waals surface area (Å²) in [7, 11) is 0. The fraction of sp³-hybridized carbons (Fsp3) is 0.571. The van der Waals surface area contributed by atoms with Gasteiger partial charge in [0.1, 0.15) is 0 Å². The number of hydrogen-bond donors (Lipinski definition) is 3. The molecule has 0 spiro atoms. The predicted octanol–water partition coefficient (Wildman–Crippen LogP) is -1.71. The molecule has 1 aliphatic rings. The number of rotatable bonds is 4. The molecule has 1 amide bonds. The molecule has 0 aromatic carbocycles. The average molecular weight is 201 g/mol. The normalized spacial score (nSPS) is 19.8. The van der Waals surface area contributed by atoms with Crippen molar-refractivity contribution in [1.29, 1.82) is 0 Å². The summed E-state index contributed by atoms with van der Waals surface area (Å²) in [5.74, 6) is -1.56. The Kier molecular flexibility index (Phi) is 3.41. The molecule has 0 aromatic rings. The molecule has 4 N–H and O–H groups in total. The van der Waals surface area contributed by atoms with E-state index in [0.29, 0.717) is 13.1 Å². The summed E-state index contributed by atoms with van der Waals surface area (Å²) >= 11 is 0. The maximum Gasteiger partial charge on any atom is 0.353 e. The van der Waals surface area contributed by atoms with Gasteiger partial charge >= 0.3 is 5.97 Å². The number of oxime groups is 1. The van der Waals surface area contributed by atoms with Crippen molar-refractivity contribution < 1.29 is 19.5 Å². The lowest BCUT2D eigenvalue weighted by Gasteiger charge is -2.07. The highest BCUT2D eigenvalue weighted by atomic mass is 16.6. The summed E-state index contributed by atoms with van der Waals surface area (Å²) in [6.45, 7) is 0.659. The standard InChI is InChI=1S/C7H11N3O4/c8-1-2-9-6(11)5-3-4(7(12)13)10-14-5/h5H,1-3,8H2,(H,9,11)(H,12,13). The molecule has 7 nitrogen and oxygen atoms in total. The van der Waals surface area contributed by atoms with Crippen LogP contribution >= 0.6 is 0 Å². The maximum absolute atomic E-state index is 11.2. The molecular weight excluding hydrogens is 190 g/mol. The number of hydrogen-bond acceptors (Lipinski definition) is 5. The highest BCUT2D eigenvalue weighted by Gasteiger charge is 2.30. The van der Waals surface area contributed by atoms with Gasteiger partial charge in [0.15, 0.2) is 5.71 Å². The lowest BCUT2D eigenvalue weighted by Crippen LogP contribution is -2.37. The Balaban J connectivity index is 2.38. The van der Waals surface area contributed by atoms with Crippen LogP contribution in [0.1, 0.15) is 6.42 Å². The SMILES string of the molecule is NCCNC(=O)C1CC(C(=O)O)=NO1. The number of nitrogens with two attached hydrogens (primary N) is 1. The van der Waals surface area contributed by atoms with E-state index < -0.39 is 18.0 Å². The van der Waals surface area contributed by atoms with Gasteiger partial charge < -0.3 is 21.0 Å². The minimum atomic E-state index is -1.17. The van der Waals surface area contributed by atoms with Gasteiger partial charge in [0.05, 0.1) is 0 Å². The zero-order valence-electron chi connectivity index (χ0n) is 7.40. The number of aliphatic carboxylic acids is 1. The second kappa shape index (κ2) is 4.56. The Bertz CT molecular complexity index is 276. The number of carbonyl (C=O) groups excluding carboxylic acids is 1. The molecule has 7 heteroatoms. The first-order valence-electron chi connectivity index (χ1n) is 4.09. The number of amides is 1. The van der Waals surface area contributed by atoms with Gasteiger partial charge in [-0.05, 0) is 0 Å². The van der Waals surface area contributed by atoms with Crippen LogP contribution in [-0.4, -0.2) is 41.9 Å². The molecule has 0 fully saturated rings. The Morgan fingerprint density at radius 2 is 2.43 bits per heavy atom. The van der Waals surface area contributed by atoms with E-state index in [2.05, 4.69) is 15.3 Å². The van der Waals surface area contributed by atoms with Crippen molar-refractivity contribution in [2.75, 3.05) is 13.1 Å². The summed E-state index contributed by atoms with van der Waals surface area (Å²) in [4.78, 5) is 26.3. The lowest BCUT2D eigenvalue weighted by molar-refractivity contribution is -0.131. The predicted molar refractivity (Wildman–Crippen MR) is 46.6 cm³/mol. The van der Waals surface area contributed by atoms with Gasteiger partial charge in [0.2, 0.25) is 6.10 Å². The highest BCUT2D eigenvalue weighted by Crippen LogP contribution is 2.10. The Morgan fingerprint density at radius 1 is 1.71 bits per heavy atom. The molecule has 0 saturated heterocycles. The smallest absolute Gasteiger partial charge is 0.353 e. The first kappa shape index (κ1) is 10.5. The Morgan fingerprint density at radius 3 is 2.93 bits per heavy atom. The minimum absolute atomic E-state index is 0.00820. The van der Waals surface area contributed by atoms with Crippen LogP contribution < -0.4 is 11.1 Å². The lowest BCUT2D eigenvalue weighted by atomic mass is 10.2. The topological polar surface area (TPSA) is 114 Å². The molecule has 1 heterocycles. The van der Waals surface area contributed by atoms with Crippen molar-refractivity contribution in [3.8, 4) is 0 Å². The second-order valence-electron chi connectivity index (χ2n) is 2.72. The third-order valence-corrected chi connectivity index (χ3v) is 1.65. The largest absolute Gasteiger partial charge is 0.477 e. The van der Waals surface area contributed by atoms with Crippen LogP contribution in [0.4, 0.5) is 0 Å². The van der Waals surface area contributed by atoms with Crippen LogP contribution in [0.3, 0.4) is 0 Å². The third-order valence-electron chi connectivity index (χ3n) is 1.65. The van der Waals surface area contributed by atoms with Gasteiger partial charge in [-0.2, -0.15) is 0 Å². The Labute approximate surface area is 79.9 Å². The van der Waals surface area contributed by atoms with Gasteiger partial charge in [-0.15, -0.1) is 0 Å². The quantitative estimate of drug-likeness (QED) is 0.501. The highest BCUT2D eigenvalue weighted by molar-refractivity contribution is 6.36. The van der Waals surface area contributed by atoms with E-state index in [-0.39, 0.29) is 12.1 Å². The van der Waals surface area contributed by atoms with Crippen molar-refractivity contribution in [2.45, 2.75) is 12.5 Å². The van der Waals surface area contributed by atoms with Crippen LogP contribution in [0.15, 0.2) is 5.16 Å². The molecular formula is C7H11N3O4. The zero-order valence-corrected chi connectivity index (χ0v) is 7.40.